The minimum absolute atomic E-state index is 0.0438. The molecular formula is C25H26N2O8. The van der Waals surface area contributed by atoms with E-state index in [0.717, 1.165) is 23.3 Å². The lowest BCUT2D eigenvalue weighted by Crippen LogP contribution is -2.23. The van der Waals surface area contributed by atoms with E-state index >= 15 is 0 Å². The first kappa shape index (κ1) is 26.8. The van der Waals surface area contributed by atoms with Crippen molar-refractivity contribution in [2.75, 3.05) is 0 Å². The number of amides is 2. The molecule has 0 heterocycles. The summed E-state index contributed by atoms with van der Waals surface area (Å²) in [7, 11) is 0. The van der Waals surface area contributed by atoms with Crippen LogP contribution in [0.4, 0.5) is 0 Å². The van der Waals surface area contributed by atoms with Crippen LogP contribution in [0.2, 0.25) is 0 Å². The van der Waals surface area contributed by atoms with Crippen LogP contribution in [0.25, 0.3) is 0 Å². The van der Waals surface area contributed by atoms with Gasteiger partial charge in [0.05, 0.1) is 0 Å². The fourth-order valence-corrected chi connectivity index (χ4v) is 2.80. The first-order valence-corrected chi connectivity index (χ1v) is 10.5. The number of nitrogens with one attached hydrogen (secondary N) is 2. The summed E-state index contributed by atoms with van der Waals surface area (Å²) in [6.45, 7) is 5.78. The van der Waals surface area contributed by atoms with Gasteiger partial charge in [0.1, 0.15) is 5.75 Å². The average Bonchev–Trinajstić information content (AvgIpc) is 2.77. The third-order valence-corrected chi connectivity index (χ3v) is 4.34. The molecule has 2 N–H and O–H groups in total. The largest absolute Gasteiger partial charge is 0.426 e. The highest BCUT2D eigenvalue weighted by molar-refractivity contribution is 5.96. The zero-order valence-electron chi connectivity index (χ0n) is 19.8. The number of carbonyl (C=O) groups is 5. The van der Waals surface area contributed by atoms with Crippen molar-refractivity contribution in [1.29, 1.82) is 0 Å². The Bertz CT molecular complexity index is 1170. The van der Waals surface area contributed by atoms with Gasteiger partial charge in [0.2, 0.25) is 11.8 Å². The summed E-state index contributed by atoms with van der Waals surface area (Å²) in [5.74, 6) is -2.08. The smallest absolute Gasteiger partial charge is 0.308 e. The number of hydrogen-bond acceptors (Lipinski definition) is 8. The molecule has 0 aliphatic heterocycles. The molecule has 0 aromatic heterocycles. The lowest BCUT2D eigenvalue weighted by Gasteiger charge is -2.11. The van der Waals surface area contributed by atoms with Gasteiger partial charge in [-0.2, -0.15) is 0 Å². The Morgan fingerprint density at radius 3 is 1.60 bits per heavy atom. The van der Waals surface area contributed by atoms with E-state index in [4.69, 9.17) is 14.2 Å². The van der Waals surface area contributed by atoms with Crippen LogP contribution in [0.5, 0.6) is 17.2 Å². The minimum atomic E-state index is -0.596. The van der Waals surface area contributed by atoms with E-state index in [0.29, 0.717) is 11.3 Å². The van der Waals surface area contributed by atoms with Crippen molar-refractivity contribution >= 4 is 29.7 Å². The van der Waals surface area contributed by atoms with Gasteiger partial charge in [-0.15, -0.1) is 0 Å². The topological polar surface area (TPSA) is 137 Å². The Hall–Kier alpha value is -4.47. The van der Waals surface area contributed by atoms with Gasteiger partial charge < -0.3 is 24.8 Å². The molecule has 0 saturated carbocycles. The number of benzene rings is 2. The summed E-state index contributed by atoms with van der Waals surface area (Å²) in [4.78, 5) is 57.8. The Morgan fingerprint density at radius 1 is 0.657 bits per heavy atom. The number of esters is 3. The molecule has 2 aromatic carbocycles. The molecular weight excluding hydrogens is 456 g/mol. The SMILES string of the molecule is CC(=O)Oc1cc(CNC(=O)/C=C/C(=O)NCc2ccc(OC(C)=O)c(OC(C)=O)c2)ccc1C. The maximum absolute atomic E-state index is 12.1. The molecule has 184 valence electrons. The molecule has 0 aliphatic rings. The van der Waals surface area contributed by atoms with Crippen LogP contribution in [0.15, 0.2) is 48.6 Å². The van der Waals surface area contributed by atoms with Crippen molar-refractivity contribution in [3.8, 4) is 17.2 Å². The van der Waals surface area contributed by atoms with E-state index in [1.54, 1.807) is 31.2 Å². The van der Waals surface area contributed by atoms with Crippen LogP contribution >= 0.6 is 0 Å². The van der Waals surface area contributed by atoms with Gasteiger partial charge in [-0.3, -0.25) is 24.0 Å². The monoisotopic (exact) mass is 482 g/mol. The number of carbonyl (C=O) groups excluding carboxylic acids is 5. The van der Waals surface area contributed by atoms with E-state index in [-0.39, 0.29) is 24.6 Å². The van der Waals surface area contributed by atoms with Gasteiger partial charge in [0, 0.05) is 46.0 Å². The molecule has 0 aliphatic carbocycles. The van der Waals surface area contributed by atoms with Crippen molar-refractivity contribution in [3.63, 3.8) is 0 Å². The predicted molar refractivity (Wildman–Crippen MR) is 124 cm³/mol. The highest BCUT2D eigenvalue weighted by Gasteiger charge is 2.12. The van der Waals surface area contributed by atoms with Crippen LogP contribution in [-0.2, 0) is 37.1 Å². The summed E-state index contributed by atoms with van der Waals surface area (Å²) in [5, 5.41) is 5.24. The molecule has 10 heteroatoms. The van der Waals surface area contributed by atoms with Crippen molar-refractivity contribution in [1.82, 2.24) is 10.6 Å². The molecule has 0 saturated heterocycles. The lowest BCUT2D eigenvalue weighted by molar-refractivity contribution is -0.134. The molecule has 0 radical (unpaired) electrons. The van der Waals surface area contributed by atoms with Crippen molar-refractivity contribution in [3.05, 3.63) is 65.2 Å². The maximum Gasteiger partial charge on any atom is 0.308 e. The number of aryl methyl sites for hydroxylation is 1. The van der Waals surface area contributed by atoms with E-state index in [2.05, 4.69) is 10.6 Å². The summed E-state index contributed by atoms with van der Waals surface area (Å²) in [6.07, 6.45) is 2.17. The molecule has 2 aromatic rings. The highest BCUT2D eigenvalue weighted by atomic mass is 16.6. The Balaban J connectivity index is 1.89. The van der Waals surface area contributed by atoms with Gasteiger partial charge in [0.15, 0.2) is 11.5 Å². The van der Waals surface area contributed by atoms with Crippen LogP contribution in [0, 0.1) is 6.92 Å². The van der Waals surface area contributed by atoms with Crippen LogP contribution in [0.1, 0.15) is 37.5 Å². The quantitative estimate of drug-likeness (QED) is 0.315. The number of rotatable bonds is 9. The van der Waals surface area contributed by atoms with E-state index in [1.807, 2.05) is 0 Å². The van der Waals surface area contributed by atoms with Gasteiger partial charge in [-0.05, 0) is 41.8 Å². The second-order valence-electron chi connectivity index (χ2n) is 7.43. The maximum atomic E-state index is 12.1. The number of hydrogen-bond donors (Lipinski definition) is 2. The Morgan fingerprint density at radius 2 is 1.09 bits per heavy atom. The lowest BCUT2D eigenvalue weighted by atomic mass is 10.1. The second kappa shape index (κ2) is 12.7. The second-order valence-corrected chi connectivity index (χ2v) is 7.43. The Labute approximate surface area is 202 Å². The molecule has 0 fully saturated rings. The van der Waals surface area contributed by atoms with E-state index in [1.165, 1.54) is 32.9 Å². The van der Waals surface area contributed by atoms with E-state index in [9.17, 15) is 24.0 Å². The molecule has 0 unspecified atom stereocenters. The van der Waals surface area contributed by atoms with Crippen LogP contribution < -0.4 is 24.8 Å². The normalized spacial score (nSPS) is 10.4. The zero-order chi connectivity index (χ0) is 26.0. The molecule has 10 nitrogen and oxygen atoms in total. The highest BCUT2D eigenvalue weighted by Crippen LogP contribution is 2.29. The molecule has 35 heavy (non-hydrogen) atoms. The van der Waals surface area contributed by atoms with Crippen LogP contribution in [-0.4, -0.2) is 29.7 Å². The number of ether oxygens (including phenoxy) is 3. The van der Waals surface area contributed by atoms with Crippen LogP contribution in [0.3, 0.4) is 0 Å². The van der Waals surface area contributed by atoms with Gasteiger partial charge in [0.25, 0.3) is 0 Å². The molecule has 2 rings (SSSR count). The zero-order valence-corrected chi connectivity index (χ0v) is 19.8. The first-order chi connectivity index (χ1) is 16.5. The Kier molecular flexibility index (Phi) is 9.71. The van der Waals surface area contributed by atoms with Crippen molar-refractivity contribution in [2.45, 2.75) is 40.8 Å². The van der Waals surface area contributed by atoms with E-state index < -0.39 is 29.7 Å². The van der Waals surface area contributed by atoms with Crippen molar-refractivity contribution in [2.24, 2.45) is 0 Å². The third-order valence-electron chi connectivity index (χ3n) is 4.34. The van der Waals surface area contributed by atoms with Gasteiger partial charge >= 0.3 is 17.9 Å². The summed E-state index contributed by atoms with van der Waals surface area (Å²) < 4.78 is 15.2. The standard InChI is InChI=1S/C25H26N2O8/c1-15-5-6-19(11-22(15)34-17(3)29)13-26-24(31)9-10-25(32)27-14-20-7-8-21(33-16(2)28)23(12-20)35-18(4)30/h5-12H,13-14H2,1-4H3,(H,26,31)(H,27,32)/b10-9+. The first-order valence-electron chi connectivity index (χ1n) is 10.5. The fraction of sp³-hybridized carbons (Fsp3) is 0.240. The fourth-order valence-electron chi connectivity index (χ4n) is 2.80. The minimum Gasteiger partial charge on any atom is -0.426 e. The predicted octanol–water partition coefficient (Wildman–Crippen LogP) is 2.26. The third kappa shape index (κ3) is 9.50. The van der Waals surface area contributed by atoms with Gasteiger partial charge in [-0.25, -0.2) is 0 Å². The van der Waals surface area contributed by atoms with Gasteiger partial charge in [-0.1, -0.05) is 18.2 Å². The summed E-state index contributed by atoms with van der Waals surface area (Å²) in [6, 6.07) is 9.72. The van der Waals surface area contributed by atoms with Crippen molar-refractivity contribution < 1.29 is 38.2 Å². The average molecular weight is 482 g/mol. The molecule has 0 bridgehead atoms. The molecule has 0 spiro atoms. The summed E-state index contributed by atoms with van der Waals surface area (Å²) in [5.41, 5.74) is 2.08. The molecule has 2 amide bonds. The summed E-state index contributed by atoms with van der Waals surface area (Å²) >= 11 is 0. The molecule has 0 atom stereocenters.